The quantitative estimate of drug-likeness (QED) is 0.408. The van der Waals surface area contributed by atoms with Crippen LogP contribution in [0.4, 0.5) is 0 Å². The molecule has 1 aliphatic rings. The van der Waals surface area contributed by atoms with E-state index in [0.29, 0.717) is 24.3 Å². The first-order valence-electron chi connectivity index (χ1n) is 11.3. The molecule has 0 saturated carbocycles. The lowest BCUT2D eigenvalue weighted by Crippen LogP contribution is -2.46. The van der Waals surface area contributed by atoms with Gasteiger partial charge in [0.25, 0.3) is 0 Å². The van der Waals surface area contributed by atoms with E-state index in [0.717, 1.165) is 5.56 Å². The number of carbonyl (C=O) groups excluding carboxylic acids is 2. The van der Waals surface area contributed by atoms with Gasteiger partial charge in [-0.1, -0.05) is 30.3 Å². The Morgan fingerprint density at radius 2 is 1.79 bits per heavy atom. The van der Waals surface area contributed by atoms with E-state index in [9.17, 15) is 9.59 Å². The summed E-state index contributed by atoms with van der Waals surface area (Å²) in [5, 5.41) is 8.90. The van der Waals surface area contributed by atoms with Crippen molar-refractivity contribution in [2.45, 2.75) is 57.3 Å². The van der Waals surface area contributed by atoms with Gasteiger partial charge in [0.1, 0.15) is 11.4 Å². The Labute approximate surface area is 199 Å². The van der Waals surface area contributed by atoms with Crippen molar-refractivity contribution in [2.75, 3.05) is 13.2 Å². The molecule has 8 heteroatoms. The van der Waals surface area contributed by atoms with Gasteiger partial charge in [0.15, 0.2) is 11.6 Å². The maximum absolute atomic E-state index is 12.8. The number of rotatable bonds is 10. The average molecular weight is 469 g/mol. The summed E-state index contributed by atoms with van der Waals surface area (Å²) >= 11 is 0. The first-order valence-corrected chi connectivity index (χ1v) is 11.3. The van der Waals surface area contributed by atoms with Gasteiger partial charge in [-0.2, -0.15) is 0 Å². The number of primary amides is 1. The van der Waals surface area contributed by atoms with Gasteiger partial charge in [0.2, 0.25) is 11.8 Å². The van der Waals surface area contributed by atoms with Crippen LogP contribution in [0, 0.1) is 0 Å². The Morgan fingerprint density at radius 3 is 2.38 bits per heavy atom. The maximum atomic E-state index is 12.8. The van der Waals surface area contributed by atoms with Gasteiger partial charge in [-0.3, -0.25) is 9.59 Å². The number of amides is 1. The molecule has 8 nitrogen and oxygen atoms in total. The summed E-state index contributed by atoms with van der Waals surface area (Å²) in [7, 11) is 0. The normalized spacial score (nSPS) is 19.8. The van der Waals surface area contributed by atoms with Crippen LogP contribution in [-0.4, -0.2) is 47.2 Å². The van der Waals surface area contributed by atoms with E-state index in [-0.39, 0.29) is 25.3 Å². The molecule has 0 unspecified atom stereocenters. The highest BCUT2D eigenvalue weighted by molar-refractivity contribution is 6.00. The first kappa shape index (κ1) is 25.2. The summed E-state index contributed by atoms with van der Waals surface area (Å²) in [6.07, 6.45) is -0.247. The zero-order valence-electron chi connectivity index (χ0n) is 19.8. The molecule has 2 atom stereocenters. The molecule has 0 radical (unpaired) electrons. The van der Waals surface area contributed by atoms with E-state index >= 15 is 0 Å². The molecule has 3 rings (SSSR count). The molecule has 182 valence electrons. The predicted octanol–water partition coefficient (Wildman–Crippen LogP) is 3.31. The van der Waals surface area contributed by atoms with Gasteiger partial charge in [-0.25, -0.2) is 4.99 Å². The molecule has 0 aromatic heterocycles. The van der Waals surface area contributed by atoms with Gasteiger partial charge >= 0.3 is 5.97 Å². The Balaban J connectivity index is 1.90. The monoisotopic (exact) mass is 468 g/mol. The van der Waals surface area contributed by atoms with Crippen LogP contribution < -0.4 is 10.5 Å². The Hall–Kier alpha value is -3.39. The third-order valence-electron chi connectivity index (χ3n) is 5.30. The van der Waals surface area contributed by atoms with Crippen molar-refractivity contribution in [3.8, 4) is 5.75 Å². The molecule has 1 amide bonds. The minimum absolute atomic E-state index is 0.0404. The summed E-state index contributed by atoms with van der Waals surface area (Å²) in [4.78, 5) is 29.9. The summed E-state index contributed by atoms with van der Waals surface area (Å²) in [5.41, 5.74) is 5.16. The van der Waals surface area contributed by atoms with Crippen LogP contribution in [0.1, 0.15) is 57.3 Å². The molecule has 3 N–H and O–H groups in total. The largest absolute Gasteiger partial charge is 0.494 e. The molecule has 34 heavy (non-hydrogen) atoms. The number of hydrogen-bond acceptors (Lipinski definition) is 7. The highest BCUT2D eigenvalue weighted by atomic mass is 16.6. The van der Waals surface area contributed by atoms with Crippen LogP contribution in [-0.2, 0) is 19.1 Å². The number of esters is 1. The van der Waals surface area contributed by atoms with E-state index in [1.165, 1.54) is 0 Å². The molecule has 2 aromatic carbocycles. The topological polar surface area (TPSA) is 120 Å². The summed E-state index contributed by atoms with van der Waals surface area (Å²) in [6.45, 7) is 5.82. The van der Waals surface area contributed by atoms with Crippen molar-refractivity contribution in [3.63, 3.8) is 0 Å². The second-order valence-corrected chi connectivity index (χ2v) is 9.15. The molecule has 0 aliphatic carbocycles. The van der Waals surface area contributed by atoms with E-state index in [4.69, 9.17) is 25.1 Å². The predicted molar refractivity (Wildman–Crippen MR) is 127 cm³/mol. The third kappa shape index (κ3) is 6.14. The average Bonchev–Trinajstić information content (AvgIpc) is 3.19. The molecule has 1 aliphatic heterocycles. The van der Waals surface area contributed by atoms with E-state index < -0.39 is 29.1 Å². The number of ether oxygens (including phenoxy) is 3. The van der Waals surface area contributed by atoms with E-state index in [1.54, 1.807) is 45.0 Å². The highest BCUT2D eigenvalue weighted by Gasteiger charge is 2.52. The highest BCUT2D eigenvalue weighted by Crippen LogP contribution is 2.42. The van der Waals surface area contributed by atoms with Crippen LogP contribution in [0.3, 0.4) is 0 Å². The fourth-order valence-electron chi connectivity index (χ4n) is 3.71. The van der Waals surface area contributed by atoms with Crippen molar-refractivity contribution in [1.29, 1.82) is 0 Å². The number of aliphatic hydroxyl groups is 1. The zero-order valence-corrected chi connectivity index (χ0v) is 19.8. The first-order chi connectivity index (χ1) is 16.1. The van der Waals surface area contributed by atoms with Crippen molar-refractivity contribution in [2.24, 2.45) is 10.7 Å². The van der Waals surface area contributed by atoms with Crippen LogP contribution >= 0.6 is 0 Å². The lowest BCUT2D eigenvalue weighted by atomic mass is 9.83. The smallest absolute Gasteiger partial charge is 0.306 e. The molecule has 1 heterocycles. The molecular formula is C26H32N2O6. The number of carbonyl (C=O) groups is 2. The Bertz CT molecular complexity index is 1010. The minimum atomic E-state index is -1.47. The van der Waals surface area contributed by atoms with Crippen LogP contribution in [0.5, 0.6) is 5.75 Å². The van der Waals surface area contributed by atoms with Crippen molar-refractivity contribution in [3.05, 3.63) is 65.7 Å². The SMILES string of the molecule is CC(C)(C)OC(=O)CC[C@]1(C(N)=O)N=C(c2ccc(OCCCO)cc2)O[C@H]1c1ccccc1. The lowest BCUT2D eigenvalue weighted by molar-refractivity contribution is -0.155. The van der Waals surface area contributed by atoms with Crippen molar-refractivity contribution < 1.29 is 28.9 Å². The third-order valence-corrected chi connectivity index (χ3v) is 5.30. The number of benzene rings is 2. The van der Waals surface area contributed by atoms with Crippen LogP contribution in [0.2, 0.25) is 0 Å². The number of hydrogen-bond donors (Lipinski definition) is 2. The fourth-order valence-corrected chi connectivity index (χ4v) is 3.71. The van der Waals surface area contributed by atoms with Gasteiger partial charge in [0.05, 0.1) is 6.61 Å². The van der Waals surface area contributed by atoms with Crippen LogP contribution in [0.15, 0.2) is 59.6 Å². The molecular weight excluding hydrogens is 436 g/mol. The van der Waals surface area contributed by atoms with Gasteiger partial charge in [-0.15, -0.1) is 0 Å². The molecule has 0 bridgehead atoms. The zero-order chi connectivity index (χ0) is 24.8. The molecule has 0 saturated heterocycles. The maximum Gasteiger partial charge on any atom is 0.306 e. The summed E-state index contributed by atoms with van der Waals surface area (Å²) < 4.78 is 17.2. The van der Waals surface area contributed by atoms with Crippen molar-refractivity contribution >= 4 is 17.8 Å². The number of nitrogens with two attached hydrogens (primary N) is 1. The number of nitrogens with zero attached hydrogens (tertiary/aromatic N) is 1. The van der Waals surface area contributed by atoms with Gasteiger partial charge in [-0.05, 0) is 57.0 Å². The minimum Gasteiger partial charge on any atom is -0.494 e. The lowest BCUT2D eigenvalue weighted by Gasteiger charge is -2.29. The number of aliphatic imine (C=N–C) groups is 1. The van der Waals surface area contributed by atoms with E-state index in [1.807, 2.05) is 30.3 Å². The summed E-state index contributed by atoms with van der Waals surface area (Å²) in [5.74, 6) is -0.211. The molecule has 2 aromatic rings. The molecule has 0 fully saturated rings. The van der Waals surface area contributed by atoms with Gasteiger partial charge < -0.3 is 25.1 Å². The van der Waals surface area contributed by atoms with Crippen LogP contribution in [0.25, 0.3) is 0 Å². The fraction of sp³-hybridized carbons (Fsp3) is 0.423. The standard InChI is InChI=1S/C26H32N2O6/c1-25(2,3)34-21(30)14-15-26(24(27)31)22(18-8-5-4-6-9-18)33-23(28-26)19-10-12-20(13-11-19)32-17-7-16-29/h4-6,8-13,22,29H,7,14-17H2,1-3H3,(H2,27,31)/t22-,26-/m0/s1. The summed E-state index contributed by atoms with van der Waals surface area (Å²) in [6, 6.07) is 16.3. The Kier molecular flexibility index (Phi) is 7.94. The Morgan fingerprint density at radius 1 is 1.12 bits per heavy atom. The van der Waals surface area contributed by atoms with Crippen molar-refractivity contribution in [1.82, 2.24) is 0 Å². The van der Waals surface area contributed by atoms with E-state index in [2.05, 4.69) is 4.99 Å². The molecule has 0 spiro atoms. The second-order valence-electron chi connectivity index (χ2n) is 9.15. The van der Waals surface area contributed by atoms with Gasteiger partial charge in [0, 0.05) is 25.0 Å². The second kappa shape index (κ2) is 10.7. The number of aliphatic hydroxyl groups excluding tert-OH is 1.